The molecule has 150 valence electrons. The second kappa shape index (κ2) is 9.10. The van der Waals surface area contributed by atoms with Crippen LogP contribution in [0.25, 0.3) is 0 Å². The van der Waals surface area contributed by atoms with Gasteiger partial charge in [-0.2, -0.15) is 0 Å². The molecular formula is C23H23NO5. The maximum atomic E-state index is 12.5. The van der Waals surface area contributed by atoms with Crippen LogP contribution in [-0.4, -0.2) is 38.1 Å². The zero-order chi connectivity index (χ0) is 20.8. The van der Waals surface area contributed by atoms with Crippen LogP contribution in [0.15, 0.2) is 78.1 Å². The Morgan fingerprint density at radius 2 is 1.41 bits per heavy atom. The van der Waals surface area contributed by atoms with Gasteiger partial charge in [-0.25, -0.2) is 9.59 Å². The summed E-state index contributed by atoms with van der Waals surface area (Å²) in [5, 5.41) is 0. The first kappa shape index (κ1) is 20.2. The zero-order valence-corrected chi connectivity index (χ0v) is 16.6. The highest BCUT2D eigenvalue weighted by molar-refractivity contribution is 5.98. The third-order valence-electron chi connectivity index (χ3n) is 4.62. The van der Waals surface area contributed by atoms with Gasteiger partial charge in [-0.3, -0.25) is 0 Å². The molecule has 0 saturated carbocycles. The predicted molar refractivity (Wildman–Crippen MR) is 108 cm³/mol. The maximum absolute atomic E-state index is 12.5. The van der Waals surface area contributed by atoms with Crippen LogP contribution in [0.4, 0.5) is 0 Å². The molecule has 0 spiro atoms. The number of nitrogens with zero attached hydrogens (tertiary/aromatic N) is 1. The van der Waals surface area contributed by atoms with E-state index >= 15 is 0 Å². The molecule has 1 aliphatic heterocycles. The van der Waals surface area contributed by atoms with Gasteiger partial charge in [0, 0.05) is 25.0 Å². The molecule has 2 aromatic carbocycles. The van der Waals surface area contributed by atoms with Crippen LogP contribution in [0.1, 0.15) is 17.0 Å². The first-order valence-corrected chi connectivity index (χ1v) is 9.12. The first-order valence-electron chi connectivity index (χ1n) is 9.12. The number of rotatable bonds is 6. The molecule has 2 aromatic rings. The SMILES string of the molecule is COC(=O)C1=CN(C)C=C(C(=O)OC)C1c1ccccc1OCc1ccccc1. The van der Waals surface area contributed by atoms with Crippen molar-refractivity contribution in [3.8, 4) is 5.75 Å². The van der Waals surface area contributed by atoms with Crippen molar-refractivity contribution in [1.82, 2.24) is 4.90 Å². The fraction of sp³-hybridized carbons (Fsp3) is 0.217. The topological polar surface area (TPSA) is 65.1 Å². The largest absolute Gasteiger partial charge is 0.489 e. The number of benzene rings is 2. The molecule has 0 aliphatic carbocycles. The van der Waals surface area contributed by atoms with Crippen molar-refractivity contribution in [2.75, 3.05) is 21.3 Å². The minimum Gasteiger partial charge on any atom is -0.489 e. The molecule has 0 atom stereocenters. The van der Waals surface area contributed by atoms with Gasteiger partial charge in [0.2, 0.25) is 0 Å². The highest BCUT2D eigenvalue weighted by atomic mass is 16.5. The summed E-state index contributed by atoms with van der Waals surface area (Å²) in [5.41, 5.74) is 2.35. The van der Waals surface area contributed by atoms with E-state index in [-0.39, 0.29) is 0 Å². The number of carbonyl (C=O) groups is 2. The normalized spacial score (nSPS) is 14.0. The van der Waals surface area contributed by atoms with Crippen LogP contribution in [-0.2, 0) is 25.7 Å². The van der Waals surface area contributed by atoms with E-state index in [4.69, 9.17) is 14.2 Å². The van der Waals surface area contributed by atoms with E-state index in [9.17, 15) is 9.59 Å². The smallest absolute Gasteiger partial charge is 0.336 e. The summed E-state index contributed by atoms with van der Waals surface area (Å²) in [6.07, 6.45) is 3.30. The van der Waals surface area contributed by atoms with Crippen LogP contribution < -0.4 is 4.74 Å². The zero-order valence-electron chi connectivity index (χ0n) is 16.6. The van der Waals surface area contributed by atoms with E-state index in [0.29, 0.717) is 29.1 Å². The number of methoxy groups -OCH3 is 2. The Labute approximate surface area is 170 Å². The van der Waals surface area contributed by atoms with E-state index in [1.165, 1.54) is 14.2 Å². The van der Waals surface area contributed by atoms with Gasteiger partial charge in [0.05, 0.1) is 31.3 Å². The van der Waals surface area contributed by atoms with E-state index in [1.54, 1.807) is 24.3 Å². The summed E-state index contributed by atoms with van der Waals surface area (Å²) in [4.78, 5) is 26.7. The quantitative estimate of drug-likeness (QED) is 0.701. The Morgan fingerprint density at radius 3 is 2.00 bits per heavy atom. The van der Waals surface area contributed by atoms with Crippen molar-refractivity contribution in [2.45, 2.75) is 12.5 Å². The van der Waals surface area contributed by atoms with Crippen molar-refractivity contribution in [3.63, 3.8) is 0 Å². The molecule has 0 saturated heterocycles. The minimum atomic E-state index is -0.668. The van der Waals surface area contributed by atoms with Gasteiger partial charge < -0.3 is 19.1 Å². The van der Waals surface area contributed by atoms with E-state index < -0.39 is 17.9 Å². The Balaban J connectivity index is 2.02. The lowest BCUT2D eigenvalue weighted by molar-refractivity contribution is -0.137. The van der Waals surface area contributed by atoms with Gasteiger partial charge in [-0.1, -0.05) is 48.5 Å². The summed E-state index contributed by atoms with van der Waals surface area (Å²) in [6, 6.07) is 17.1. The van der Waals surface area contributed by atoms with Crippen molar-refractivity contribution < 1.29 is 23.8 Å². The molecular weight excluding hydrogens is 370 g/mol. The fourth-order valence-electron chi connectivity index (χ4n) is 3.29. The minimum absolute atomic E-state index is 0.327. The van der Waals surface area contributed by atoms with E-state index in [2.05, 4.69) is 0 Å². The van der Waals surface area contributed by atoms with Gasteiger partial charge in [0.1, 0.15) is 12.4 Å². The van der Waals surface area contributed by atoms with Crippen molar-refractivity contribution in [1.29, 1.82) is 0 Å². The molecule has 1 heterocycles. The number of ether oxygens (including phenoxy) is 3. The molecule has 29 heavy (non-hydrogen) atoms. The Morgan fingerprint density at radius 1 is 0.862 bits per heavy atom. The molecule has 6 heteroatoms. The third-order valence-corrected chi connectivity index (χ3v) is 4.62. The summed E-state index contributed by atoms with van der Waals surface area (Å²) >= 11 is 0. The number of hydrogen-bond donors (Lipinski definition) is 0. The number of carbonyl (C=O) groups excluding carboxylic acids is 2. The molecule has 0 bridgehead atoms. The lowest BCUT2D eigenvalue weighted by Gasteiger charge is -2.29. The third kappa shape index (κ3) is 4.48. The molecule has 0 radical (unpaired) electrons. The second-order valence-corrected chi connectivity index (χ2v) is 6.56. The summed E-state index contributed by atoms with van der Waals surface area (Å²) < 4.78 is 16.0. The molecule has 0 N–H and O–H groups in total. The van der Waals surface area contributed by atoms with Crippen LogP contribution in [0.5, 0.6) is 5.75 Å². The highest BCUT2D eigenvalue weighted by Gasteiger charge is 2.36. The van der Waals surface area contributed by atoms with E-state index in [0.717, 1.165) is 5.56 Å². The van der Waals surface area contributed by atoms with Gasteiger partial charge in [-0.05, 0) is 11.6 Å². The summed E-state index contributed by atoms with van der Waals surface area (Å²) in [7, 11) is 4.36. The summed E-state index contributed by atoms with van der Waals surface area (Å²) in [5.74, 6) is -1.13. The Kier molecular flexibility index (Phi) is 6.34. The van der Waals surface area contributed by atoms with Crippen LogP contribution >= 0.6 is 0 Å². The standard InChI is InChI=1S/C23H23NO5/c1-24-13-18(22(25)27-2)21(19(14-24)23(26)28-3)17-11-7-8-12-20(17)29-15-16-9-5-4-6-10-16/h4-14,21H,15H2,1-3H3. The van der Waals surface area contributed by atoms with Gasteiger partial charge in [-0.15, -0.1) is 0 Å². The number of hydrogen-bond acceptors (Lipinski definition) is 6. The van der Waals surface area contributed by atoms with E-state index in [1.807, 2.05) is 54.6 Å². The maximum Gasteiger partial charge on any atom is 0.336 e. The van der Waals surface area contributed by atoms with Crippen LogP contribution in [0, 0.1) is 0 Å². The van der Waals surface area contributed by atoms with Gasteiger partial charge in [0.25, 0.3) is 0 Å². The van der Waals surface area contributed by atoms with Crippen LogP contribution in [0.2, 0.25) is 0 Å². The molecule has 0 fully saturated rings. The lowest BCUT2D eigenvalue weighted by Crippen LogP contribution is -2.27. The monoisotopic (exact) mass is 393 g/mol. The van der Waals surface area contributed by atoms with Gasteiger partial charge in [0.15, 0.2) is 0 Å². The molecule has 6 nitrogen and oxygen atoms in total. The average molecular weight is 393 g/mol. The second-order valence-electron chi connectivity index (χ2n) is 6.56. The Bertz CT molecular complexity index is 915. The summed E-state index contributed by atoms with van der Waals surface area (Å²) in [6.45, 7) is 0.360. The number of para-hydroxylation sites is 1. The van der Waals surface area contributed by atoms with Crippen LogP contribution in [0.3, 0.4) is 0 Å². The molecule has 0 aromatic heterocycles. The number of esters is 2. The highest BCUT2D eigenvalue weighted by Crippen LogP contribution is 2.40. The average Bonchev–Trinajstić information content (AvgIpc) is 2.77. The lowest BCUT2D eigenvalue weighted by atomic mass is 9.83. The Hall–Kier alpha value is -3.54. The molecule has 0 unspecified atom stereocenters. The molecule has 0 amide bonds. The molecule has 1 aliphatic rings. The fourth-order valence-corrected chi connectivity index (χ4v) is 3.29. The van der Waals surface area contributed by atoms with Crippen molar-refractivity contribution in [3.05, 3.63) is 89.3 Å². The predicted octanol–water partition coefficient (Wildman–Crippen LogP) is 3.41. The van der Waals surface area contributed by atoms with Crippen molar-refractivity contribution in [2.24, 2.45) is 0 Å². The first-order chi connectivity index (χ1) is 14.0. The molecule has 3 rings (SSSR count). The van der Waals surface area contributed by atoms with Gasteiger partial charge >= 0.3 is 11.9 Å². The van der Waals surface area contributed by atoms with Crippen molar-refractivity contribution >= 4 is 11.9 Å².